The number of nitrogens with one attached hydrogen (secondary N) is 2. The van der Waals surface area contributed by atoms with Crippen molar-refractivity contribution in [2.45, 2.75) is 38.1 Å². The van der Waals surface area contributed by atoms with Gasteiger partial charge in [0.15, 0.2) is 0 Å². The molecule has 0 radical (unpaired) electrons. The summed E-state index contributed by atoms with van der Waals surface area (Å²) >= 11 is 0. The third-order valence-corrected chi connectivity index (χ3v) is 5.34. The van der Waals surface area contributed by atoms with E-state index < -0.39 is 32.6 Å². The predicted octanol–water partition coefficient (Wildman–Crippen LogP) is 0.103. The van der Waals surface area contributed by atoms with Crippen LogP contribution in [-0.2, 0) is 19.4 Å². The fraction of sp³-hybridized carbons (Fsp3) is 0.467. The fourth-order valence-electron chi connectivity index (χ4n) is 2.47. The second kappa shape index (κ2) is 8.72. The molecule has 2 amide bonds. The Bertz CT molecular complexity index is 798. The smallest absolute Gasteiger partial charge is 0.305 e. The first-order valence-corrected chi connectivity index (χ1v) is 9.43. The van der Waals surface area contributed by atoms with Gasteiger partial charge < -0.3 is 16.4 Å². The number of anilines is 1. The van der Waals surface area contributed by atoms with Crippen LogP contribution in [0.25, 0.3) is 0 Å². The minimum absolute atomic E-state index is 0.106. The zero-order valence-corrected chi connectivity index (χ0v) is 15.6. The molecular formula is C15H22N4O6S. The lowest BCUT2D eigenvalue weighted by atomic mass is 10.1. The number of hydrogen-bond donors (Lipinski definition) is 3. The summed E-state index contributed by atoms with van der Waals surface area (Å²) in [6.45, 7) is 4.49. The Balaban J connectivity index is 3.09. The fourth-order valence-corrected chi connectivity index (χ4v) is 3.98. The van der Waals surface area contributed by atoms with Crippen LogP contribution in [0, 0.1) is 24.0 Å². The number of nitro groups is 1. The van der Waals surface area contributed by atoms with Crippen molar-refractivity contribution in [3.63, 3.8) is 0 Å². The molecule has 1 unspecified atom stereocenters. The van der Waals surface area contributed by atoms with E-state index in [-0.39, 0.29) is 34.9 Å². The van der Waals surface area contributed by atoms with Crippen LogP contribution in [-0.4, -0.2) is 43.6 Å². The molecule has 0 aliphatic rings. The molecule has 0 heterocycles. The lowest BCUT2D eigenvalue weighted by Crippen LogP contribution is -2.48. The average Bonchev–Trinajstić information content (AvgIpc) is 2.49. The van der Waals surface area contributed by atoms with Gasteiger partial charge in [-0.05, 0) is 37.1 Å². The van der Waals surface area contributed by atoms with Gasteiger partial charge in [0.1, 0.15) is 6.04 Å². The highest BCUT2D eigenvalue weighted by Gasteiger charge is 2.26. The molecule has 0 spiro atoms. The molecule has 1 aromatic rings. The summed E-state index contributed by atoms with van der Waals surface area (Å²) in [5, 5.41) is 15.6. The molecule has 0 fully saturated rings. The van der Waals surface area contributed by atoms with Crippen molar-refractivity contribution in [3.8, 4) is 0 Å². The number of rotatable bonds is 8. The first-order chi connectivity index (χ1) is 12.0. The van der Waals surface area contributed by atoms with Crippen LogP contribution >= 0.6 is 0 Å². The van der Waals surface area contributed by atoms with Crippen LogP contribution in [0.5, 0.6) is 0 Å². The zero-order valence-electron chi connectivity index (χ0n) is 14.7. The van der Waals surface area contributed by atoms with Gasteiger partial charge in [-0.1, -0.05) is 6.92 Å². The third kappa shape index (κ3) is 5.49. The maximum Gasteiger partial charge on any atom is 0.305 e. The number of carbonyl (C=O) groups is 2. The van der Waals surface area contributed by atoms with E-state index in [9.17, 15) is 28.1 Å². The highest BCUT2D eigenvalue weighted by molar-refractivity contribution is 7.91. The van der Waals surface area contributed by atoms with Crippen LogP contribution in [0.1, 0.15) is 24.5 Å². The molecule has 144 valence electrons. The number of hydrogen-bond acceptors (Lipinski definition) is 7. The topological polar surface area (TPSA) is 162 Å². The van der Waals surface area contributed by atoms with E-state index in [2.05, 4.69) is 10.6 Å². The molecule has 0 aliphatic carbocycles. The van der Waals surface area contributed by atoms with Crippen molar-refractivity contribution in [2.75, 3.05) is 17.7 Å². The van der Waals surface area contributed by atoms with Crippen molar-refractivity contribution < 1.29 is 22.9 Å². The number of amides is 2. The van der Waals surface area contributed by atoms with E-state index in [1.165, 1.54) is 26.0 Å². The van der Waals surface area contributed by atoms with Crippen molar-refractivity contribution >= 4 is 27.3 Å². The van der Waals surface area contributed by atoms with E-state index in [0.717, 1.165) is 0 Å². The standard InChI is InChI=1S/C15H22N4O6S/c1-4-13(20)18-12(7-16)15(21)17-11-5-9(2)14(10(3)6-11)26(24,25)8-19(22)23/h5-6,12H,4,7-8,16H2,1-3H3,(H,17,21)(H,18,20). The minimum atomic E-state index is -4.10. The number of aryl methyl sites for hydroxylation is 2. The van der Waals surface area contributed by atoms with Crippen molar-refractivity contribution in [2.24, 2.45) is 5.73 Å². The van der Waals surface area contributed by atoms with Gasteiger partial charge in [-0.15, -0.1) is 0 Å². The van der Waals surface area contributed by atoms with Gasteiger partial charge in [-0.2, -0.15) is 0 Å². The Morgan fingerprint density at radius 3 is 2.23 bits per heavy atom. The molecular weight excluding hydrogens is 364 g/mol. The lowest BCUT2D eigenvalue weighted by Gasteiger charge is -2.17. The summed E-state index contributed by atoms with van der Waals surface area (Å²) in [6, 6.07) is 1.86. The normalized spacial score (nSPS) is 12.3. The van der Waals surface area contributed by atoms with E-state index in [0.29, 0.717) is 5.69 Å². The Kier molecular flexibility index (Phi) is 7.21. The first kappa shape index (κ1) is 21.5. The Morgan fingerprint density at radius 2 is 1.81 bits per heavy atom. The molecule has 1 aromatic carbocycles. The second-order valence-electron chi connectivity index (χ2n) is 5.71. The molecule has 0 saturated carbocycles. The summed E-state index contributed by atoms with van der Waals surface area (Å²) in [6.07, 6.45) is 0.199. The SMILES string of the molecule is CCC(=O)NC(CN)C(=O)Nc1cc(C)c(S(=O)(=O)C[N+](=O)[O-])c(C)c1. The third-order valence-electron chi connectivity index (χ3n) is 3.52. The summed E-state index contributed by atoms with van der Waals surface area (Å²) in [4.78, 5) is 33.2. The Hall–Kier alpha value is -2.53. The lowest BCUT2D eigenvalue weighted by molar-refractivity contribution is -0.458. The highest BCUT2D eigenvalue weighted by atomic mass is 32.2. The molecule has 4 N–H and O–H groups in total. The highest BCUT2D eigenvalue weighted by Crippen LogP contribution is 2.25. The summed E-state index contributed by atoms with van der Waals surface area (Å²) in [5.41, 5.74) is 6.33. The van der Waals surface area contributed by atoms with Crippen LogP contribution in [0.3, 0.4) is 0 Å². The number of benzene rings is 1. The molecule has 10 nitrogen and oxygen atoms in total. The number of sulfone groups is 1. The molecule has 0 aromatic heterocycles. The molecule has 11 heteroatoms. The number of nitrogens with two attached hydrogens (primary N) is 1. The van der Waals surface area contributed by atoms with Crippen LogP contribution in [0.15, 0.2) is 17.0 Å². The van der Waals surface area contributed by atoms with Gasteiger partial charge in [0.25, 0.3) is 0 Å². The maximum absolute atomic E-state index is 12.2. The average molecular weight is 386 g/mol. The van der Waals surface area contributed by atoms with E-state index in [1.54, 1.807) is 6.92 Å². The Morgan fingerprint density at radius 1 is 1.27 bits per heavy atom. The molecule has 26 heavy (non-hydrogen) atoms. The van der Waals surface area contributed by atoms with Crippen molar-refractivity contribution in [1.29, 1.82) is 0 Å². The van der Waals surface area contributed by atoms with Crippen LogP contribution < -0.4 is 16.4 Å². The van der Waals surface area contributed by atoms with E-state index >= 15 is 0 Å². The van der Waals surface area contributed by atoms with E-state index in [1.807, 2.05) is 0 Å². The van der Waals surface area contributed by atoms with Gasteiger partial charge in [0, 0.05) is 23.6 Å². The molecule has 0 bridgehead atoms. The minimum Gasteiger partial charge on any atom is -0.343 e. The van der Waals surface area contributed by atoms with E-state index in [4.69, 9.17) is 5.73 Å². The monoisotopic (exact) mass is 386 g/mol. The maximum atomic E-state index is 12.2. The van der Waals surface area contributed by atoms with Gasteiger partial charge >= 0.3 is 5.88 Å². The van der Waals surface area contributed by atoms with Crippen molar-refractivity contribution in [3.05, 3.63) is 33.4 Å². The molecule has 1 atom stereocenters. The largest absolute Gasteiger partial charge is 0.343 e. The van der Waals surface area contributed by atoms with Gasteiger partial charge in [0.05, 0.1) is 4.90 Å². The molecule has 0 aliphatic heterocycles. The second-order valence-corrected chi connectivity index (χ2v) is 7.61. The predicted molar refractivity (Wildman–Crippen MR) is 94.9 cm³/mol. The Labute approximate surface area is 151 Å². The summed E-state index contributed by atoms with van der Waals surface area (Å²) in [5.74, 6) is -2.09. The first-order valence-electron chi connectivity index (χ1n) is 7.77. The van der Waals surface area contributed by atoms with Gasteiger partial charge in [-0.3, -0.25) is 19.7 Å². The van der Waals surface area contributed by atoms with Crippen LogP contribution in [0.2, 0.25) is 0 Å². The number of carbonyl (C=O) groups excluding carboxylic acids is 2. The van der Waals surface area contributed by atoms with Gasteiger partial charge in [-0.25, -0.2) is 8.42 Å². The molecule has 0 saturated heterocycles. The molecule has 1 rings (SSSR count). The summed E-state index contributed by atoms with van der Waals surface area (Å²) < 4.78 is 24.3. The number of nitrogens with zero attached hydrogens (tertiary/aromatic N) is 1. The zero-order chi connectivity index (χ0) is 20.1. The van der Waals surface area contributed by atoms with Crippen LogP contribution in [0.4, 0.5) is 5.69 Å². The summed E-state index contributed by atoms with van der Waals surface area (Å²) in [7, 11) is -4.10. The quantitative estimate of drug-likeness (QED) is 0.421. The van der Waals surface area contributed by atoms with Crippen molar-refractivity contribution in [1.82, 2.24) is 5.32 Å². The van der Waals surface area contributed by atoms with Gasteiger partial charge in [0.2, 0.25) is 21.7 Å².